The second-order valence-corrected chi connectivity index (χ2v) is 19.0. The number of hydrogen-bond donors (Lipinski definition) is 9. The topological polar surface area (TPSA) is 228 Å². The summed E-state index contributed by atoms with van der Waals surface area (Å²) in [5.41, 5.74) is 0. The highest BCUT2D eigenvalue weighted by atomic mass is 16.7. The van der Waals surface area contributed by atoms with Gasteiger partial charge in [0.2, 0.25) is 5.91 Å². The summed E-state index contributed by atoms with van der Waals surface area (Å²) in [5.74, 6) is -0.220. The lowest BCUT2D eigenvalue weighted by atomic mass is 9.97. The minimum atomic E-state index is -1.78. The third-order valence-corrected chi connectivity index (χ3v) is 12.9. The normalized spacial score (nSPS) is 26.5. The van der Waals surface area contributed by atoms with Crippen LogP contribution in [0.15, 0.2) is 72.9 Å². The Hall–Kier alpha value is -2.57. The maximum Gasteiger partial charge on any atom is 0.220 e. The van der Waals surface area contributed by atoms with Gasteiger partial charge in [0.05, 0.1) is 32.0 Å². The fourth-order valence-electron chi connectivity index (χ4n) is 8.53. The Balaban J connectivity index is 1.65. The second-order valence-electron chi connectivity index (χ2n) is 19.0. The molecule has 0 aromatic rings. The van der Waals surface area contributed by atoms with Gasteiger partial charge in [-0.2, -0.15) is 0 Å². The highest BCUT2D eigenvalue weighted by molar-refractivity contribution is 5.76. The van der Waals surface area contributed by atoms with Crippen LogP contribution in [0.2, 0.25) is 0 Å². The smallest absolute Gasteiger partial charge is 0.220 e. The molecule has 0 saturated carbocycles. The number of aliphatic hydroxyl groups excluding tert-OH is 8. The zero-order valence-corrected chi connectivity index (χ0v) is 43.0. The number of allylic oxidation sites excluding steroid dienone is 12. The molecule has 0 aromatic heterocycles. The van der Waals surface area contributed by atoms with Crippen molar-refractivity contribution < 1.29 is 64.6 Å². The Morgan fingerprint density at radius 2 is 0.986 bits per heavy atom. The van der Waals surface area contributed by atoms with Gasteiger partial charge in [0.1, 0.15) is 48.8 Å². The summed E-state index contributed by atoms with van der Waals surface area (Å²) < 4.78 is 22.7. The molecule has 12 unspecified atom stereocenters. The third kappa shape index (κ3) is 28.0. The van der Waals surface area contributed by atoms with Crippen molar-refractivity contribution in [1.82, 2.24) is 5.32 Å². The van der Waals surface area contributed by atoms with Crippen molar-refractivity contribution in [2.45, 2.75) is 254 Å². The first kappa shape index (κ1) is 63.5. The van der Waals surface area contributed by atoms with Gasteiger partial charge in [0, 0.05) is 6.42 Å². The van der Waals surface area contributed by atoms with Crippen LogP contribution in [0.3, 0.4) is 0 Å². The van der Waals surface area contributed by atoms with Crippen molar-refractivity contribution in [2.24, 2.45) is 0 Å². The Morgan fingerprint density at radius 3 is 1.51 bits per heavy atom. The quantitative estimate of drug-likeness (QED) is 0.0209. The summed E-state index contributed by atoms with van der Waals surface area (Å²) in [5, 5.41) is 86.7. The van der Waals surface area contributed by atoms with E-state index in [0.29, 0.717) is 19.3 Å². The van der Waals surface area contributed by atoms with Crippen LogP contribution < -0.4 is 5.32 Å². The Labute approximate surface area is 421 Å². The molecule has 0 aliphatic carbocycles. The number of unbranched alkanes of at least 4 members (excludes halogenated alkanes) is 16. The molecular formula is C56H97NO13. The predicted molar refractivity (Wildman–Crippen MR) is 277 cm³/mol. The fraction of sp³-hybridized carbons (Fsp3) is 0.768. The summed E-state index contributed by atoms with van der Waals surface area (Å²) >= 11 is 0. The fourth-order valence-corrected chi connectivity index (χ4v) is 8.53. The van der Waals surface area contributed by atoms with Crippen LogP contribution in [0.25, 0.3) is 0 Å². The molecule has 0 spiro atoms. The van der Waals surface area contributed by atoms with E-state index in [-0.39, 0.29) is 12.5 Å². The summed E-state index contributed by atoms with van der Waals surface area (Å²) in [7, 11) is 0. The predicted octanol–water partition coefficient (Wildman–Crippen LogP) is 7.99. The first-order valence-electron chi connectivity index (χ1n) is 27.2. The van der Waals surface area contributed by atoms with Crippen molar-refractivity contribution in [3.63, 3.8) is 0 Å². The van der Waals surface area contributed by atoms with Gasteiger partial charge in [0.15, 0.2) is 12.6 Å². The molecule has 2 rings (SSSR count). The molecule has 2 heterocycles. The van der Waals surface area contributed by atoms with Gasteiger partial charge in [-0.25, -0.2) is 0 Å². The molecule has 0 radical (unpaired) electrons. The zero-order chi connectivity index (χ0) is 51.0. The minimum Gasteiger partial charge on any atom is -0.394 e. The highest BCUT2D eigenvalue weighted by Crippen LogP contribution is 2.30. The number of rotatable bonds is 41. The molecule has 1 amide bonds. The lowest BCUT2D eigenvalue weighted by Crippen LogP contribution is -2.65. The van der Waals surface area contributed by atoms with Gasteiger partial charge >= 0.3 is 0 Å². The minimum absolute atomic E-state index is 0.220. The molecule has 2 aliphatic rings. The summed E-state index contributed by atoms with van der Waals surface area (Å²) in [6, 6.07) is -0.832. The van der Waals surface area contributed by atoms with E-state index in [9.17, 15) is 45.6 Å². The Morgan fingerprint density at radius 1 is 0.529 bits per heavy atom. The first-order chi connectivity index (χ1) is 34.1. The largest absolute Gasteiger partial charge is 0.394 e. The summed E-state index contributed by atoms with van der Waals surface area (Å²) in [6.07, 6.45) is 36.6. The molecular weight excluding hydrogens is 895 g/mol. The number of carbonyl (C=O) groups excluding carboxylic acids is 1. The van der Waals surface area contributed by atoms with E-state index in [1.54, 1.807) is 0 Å². The second kappa shape index (κ2) is 41.9. The number of carbonyl (C=O) groups is 1. The number of aliphatic hydroxyl groups is 8. The van der Waals surface area contributed by atoms with Gasteiger partial charge in [-0.3, -0.25) is 4.79 Å². The number of ether oxygens (including phenoxy) is 4. The van der Waals surface area contributed by atoms with Crippen LogP contribution in [0, 0.1) is 0 Å². The van der Waals surface area contributed by atoms with Crippen LogP contribution in [0.4, 0.5) is 0 Å². The molecule has 70 heavy (non-hydrogen) atoms. The number of nitrogens with one attached hydrogen (secondary N) is 1. The van der Waals surface area contributed by atoms with Gasteiger partial charge in [-0.05, 0) is 64.2 Å². The van der Waals surface area contributed by atoms with Crippen LogP contribution in [0.5, 0.6) is 0 Å². The summed E-state index contributed by atoms with van der Waals surface area (Å²) in [6.45, 7) is 2.66. The molecule has 0 aromatic carbocycles. The lowest BCUT2D eigenvalue weighted by molar-refractivity contribution is -0.359. The monoisotopic (exact) mass is 992 g/mol. The molecule has 9 N–H and O–H groups in total. The van der Waals surface area contributed by atoms with E-state index in [0.717, 1.165) is 96.3 Å². The molecule has 14 nitrogen and oxygen atoms in total. The zero-order valence-electron chi connectivity index (χ0n) is 43.0. The van der Waals surface area contributed by atoms with Gasteiger partial charge in [-0.1, -0.05) is 183 Å². The van der Waals surface area contributed by atoms with Gasteiger partial charge in [-0.15, -0.1) is 0 Å². The van der Waals surface area contributed by atoms with E-state index in [1.165, 1.54) is 51.4 Å². The molecule has 2 fully saturated rings. The van der Waals surface area contributed by atoms with Crippen LogP contribution >= 0.6 is 0 Å². The SMILES string of the molecule is CC/C=C\C/C=C\C/C=C\C/C=C\C/C=C\C/C=C\CCCCCCCCCCCCC(=O)NC(COC1OC(CO)C(OC2OC(CO)C(O)C(O)C2O)C(O)C1O)C(O)CCCCCCCCC. The molecule has 404 valence electrons. The number of hydrogen-bond acceptors (Lipinski definition) is 13. The van der Waals surface area contributed by atoms with Crippen molar-refractivity contribution in [3.8, 4) is 0 Å². The van der Waals surface area contributed by atoms with Gasteiger partial charge < -0.3 is 65.1 Å². The maximum atomic E-state index is 13.2. The van der Waals surface area contributed by atoms with Crippen LogP contribution in [0.1, 0.15) is 181 Å². The first-order valence-corrected chi connectivity index (χ1v) is 27.2. The van der Waals surface area contributed by atoms with Crippen molar-refractivity contribution >= 4 is 5.91 Å². The van der Waals surface area contributed by atoms with Crippen molar-refractivity contribution in [2.75, 3.05) is 19.8 Å². The van der Waals surface area contributed by atoms with E-state index in [2.05, 4.69) is 92.1 Å². The molecule has 0 bridgehead atoms. The van der Waals surface area contributed by atoms with Gasteiger partial charge in [0.25, 0.3) is 0 Å². The Bertz CT molecular complexity index is 1450. The van der Waals surface area contributed by atoms with E-state index >= 15 is 0 Å². The van der Waals surface area contributed by atoms with E-state index in [4.69, 9.17) is 18.9 Å². The lowest BCUT2D eigenvalue weighted by Gasteiger charge is -2.46. The van der Waals surface area contributed by atoms with Crippen molar-refractivity contribution in [1.29, 1.82) is 0 Å². The average molecular weight is 992 g/mol. The standard InChI is InChI=1S/C56H97NO13/c1-3-5-7-9-11-12-13-14-15-16-17-18-19-20-21-22-23-24-25-26-27-28-29-30-31-32-34-36-38-40-48(61)57-44(45(60)39-37-35-33-10-8-6-4-2)43-67-55-53(66)51(64)54(47(42-59)69-55)70-56-52(65)50(63)49(62)46(41-58)68-56/h5,7,11-12,14-15,17-18,20-21,23-24,44-47,49-56,58-60,62-66H,3-4,6,8-10,13,16,19,22,25-43H2,1-2H3,(H,57,61)/b7-5-,12-11-,15-14-,18-17-,21-20-,24-23-. The average Bonchev–Trinajstić information content (AvgIpc) is 3.36. The molecule has 12 atom stereocenters. The van der Waals surface area contributed by atoms with E-state index in [1.807, 2.05) is 0 Å². The molecule has 2 aliphatic heterocycles. The maximum absolute atomic E-state index is 13.2. The number of amides is 1. The van der Waals surface area contributed by atoms with Crippen LogP contribution in [-0.2, 0) is 23.7 Å². The van der Waals surface area contributed by atoms with E-state index < -0.39 is 86.8 Å². The van der Waals surface area contributed by atoms with Crippen molar-refractivity contribution in [3.05, 3.63) is 72.9 Å². The third-order valence-electron chi connectivity index (χ3n) is 12.9. The molecule has 2 saturated heterocycles. The molecule has 14 heteroatoms. The Kier molecular flexibility index (Phi) is 38.0. The summed E-state index contributed by atoms with van der Waals surface area (Å²) in [4.78, 5) is 13.2. The van der Waals surface area contributed by atoms with Crippen LogP contribution in [-0.4, -0.2) is 140 Å². The highest BCUT2D eigenvalue weighted by Gasteiger charge is 2.51.